The lowest BCUT2D eigenvalue weighted by atomic mass is 10.0. The van der Waals surface area contributed by atoms with Gasteiger partial charge in [-0.1, -0.05) is 0 Å². The fraction of sp³-hybridized carbons (Fsp3) is 0.417. The van der Waals surface area contributed by atoms with Gasteiger partial charge in [0, 0.05) is 19.0 Å². The van der Waals surface area contributed by atoms with Gasteiger partial charge < -0.3 is 15.1 Å². The number of benzene rings is 1. The number of halogens is 1. The summed E-state index contributed by atoms with van der Waals surface area (Å²) in [7, 11) is 1.62. The van der Waals surface area contributed by atoms with Crippen LogP contribution in [0.25, 0.3) is 0 Å². The van der Waals surface area contributed by atoms with Crippen molar-refractivity contribution < 1.29 is 15.0 Å². The van der Waals surface area contributed by atoms with E-state index in [-0.39, 0.29) is 28.8 Å². The summed E-state index contributed by atoms with van der Waals surface area (Å²) >= 11 is 5.79. The minimum Gasteiger partial charge on any atom is -0.508 e. The Labute approximate surface area is 105 Å². The Morgan fingerprint density at radius 2 is 2.00 bits per heavy atom. The highest BCUT2D eigenvalue weighted by atomic mass is 35.5. The first-order valence-electron chi connectivity index (χ1n) is 5.15. The molecule has 0 radical (unpaired) electrons. The number of phenols is 2. The summed E-state index contributed by atoms with van der Waals surface area (Å²) in [5, 5.41) is 18.8. The molecule has 0 aliphatic heterocycles. The van der Waals surface area contributed by atoms with Gasteiger partial charge in [-0.05, 0) is 26.0 Å². The second-order valence-corrected chi connectivity index (χ2v) is 4.78. The number of aromatic hydroxyl groups is 2. The Morgan fingerprint density at radius 1 is 1.41 bits per heavy atom. The van der Waals surface area contributed by atoms with Crippen molar-refractivity contribution in [3.05, 3.63) is 23.8 Å². The van der Waals surface area contributed by atoms with Gasteiger partial charge in [0.05, 0.1) is 11.1 Å². The highest BCUT2D eigenvalue weighted by molar-refractivity contribution is 6.18. The van der Waals surface area contributed by atoms with Crippen molar-refractivity contribution in [2.45, 2.75) is 19.4 Å². The van der Waals surface area contributed by atoms with Crippen LogP contribution in [0, 0.1) is 0 Å². The van der Waals surface area contributed by atoms with Gasteiger partial charge >= 0.3 is 0 Å². The van der Waals surface area contributed by atoms with Crippen molar-refractivity contribution in [1.29, 1.82) is 0 Å². The standard InChI is InChI=1S/C12H16ClNO3/c1-12(2,7-13)14(3)11(17)9-5-4-8(15)6-10(9)16/h4-6,15-16H,7H2,1-3H3. The Hall–Kier alpha value is -1.42. The summed E-state index contributed by atoms with van der Waals surface area (Å²) in [5.41, 5.74) is -0.369. The van der Waals surface area contributed by atoms with E-state index in [9.17, 15) is 9.90 Å². The van der Waals surface area contributed by atoms with Crippen molar-refractivity contribution in [3.8, 4) is 11.5 Å². The van der Waals surface area contributed by atoms with Crippen LogP contribution in [0.1, 0.15) is 24.2 Å². The molecule has 0 aromatic heterocycles. The molecule has 1 rings (SSSR count). The maximum absolute atomic E-state index is 12.1. The summed E-state index contributed by atoms with van der Waals surface area (Å²) in [6, 6.07) is 3.87. The molecule has 0 heterocycles. The summed E-state index contributed by atoms with van der Waals surface area (Å²) in [5.74, 6) is -0.382. The van der Waals surface area contributed by atoms with Gasteiger partial charge in [0.15, 0.2) is 0 Å². The second-order valence-electron chi connectivity index (χ2n) is 4.51. The van der Waals surface area contributed by atoms with E-state index in [2.05, 4.69) is 0 Å². The van der Waals surface area contributed by atoms with E-state index in [4.69, 9.17) is 16.7 Å². The van der Waals surface area contributed by atoms with Crippen molar-refractivity contribution in [3.63, 3.8) is 0 Å². The number of hydrogen-bond acceptors (Lipinski definition) is 3. The molecule has 1 aromatic carbocycles. The van der Waals surface area contributed by atoms with Gasteiger partial charge in [0.2, 0.25) is 0 Å². The average molecular weight is 258 g/mol. The molecule has 0 aliphatic carbocycles. The molecule has 0 atom stereocenters. The van der Waals surface area contributed by atoms with Crippen molar-refractivity contribution >= 4 is 17.5 Å². The molecule has 1 amide bonds. The maximum atomic E-state index is 12.1. The molecule has 0 aliphatic rings. The predicted octanol–water partition coefficient (Wildman–Crippen LogP) is 2.19. The van der Waals surface area contributed by atoms with Gasteiger partial charge in [-0.15, -0.1) is 11.6 Å². The quantitative estimate of drug-likeness (QED) is 0.816. The first-order chi connectivity index (χ1) is 7.79. The first-order valence-corrected chi connectivity index (χ1v) is 5.69. The molecule has 5 heteroatoms. The van der Waals surface area contributed by atoms with E-state index >= 15 is 0 Å². The molecule has 0 unspecified atom stereocenters. The maximum Gasteiger partial charge on any atom is 0.257 e. The minimum atomic E-state index is -0.511. The van der Waals surface area contributed by atoms with Crippen LogP contribution >= 0.6 is 11.6 Å². The zero-order chi connectivity index (χ0) is 13.2. The van der Waals surface area contributed by atoms with E-state index in [0.717, 1.165) is 6.07 Å². The zero-order valence-electron chi connectivity index (χ0n) is 10.1. The van der Waals surface area contributed by atoms with Crippen LogP contribution in [0.5, 0.6) is 11.5 Å². The molecule has 0 saturated heterocycles. The lowest BCUT2D eigenvalue weighted by molar-refractivity contribution is 0.0657. The molecule has 0 spiro atoms. The highest BCUT2D eigenvalue weighted by Crippen LogP contribution is 2.26. The number of alkyl halides is 1. The SMILES string of the molecule is CN(C(=O)c1ccc(O)cc1O)C(C)(C)CCl. The number of amides is 1. The number of rotatable bonds is 3. The Balaban J connectivity index is 3.05. The third kappa shape index (κ3) is 2.82. The summed E-state index contributed by atoms with van der Waals surface area (Å²) in [4.78, 5) is 13.6. The van der Waals surface area contributed by atoms with E-state index < -0.39 is 5.54 Å². The van der Waals surface area contributed by atoms with Crippen LogP contribution in [0.2, 0.25) is 0 Å². The molecule has 2 N–H and O–H groups in total. The molecular weight excluding hydrogens is 242 g/mol. The van der Waals surface area contributed by atoms with Gasteiger partial charge in [-0.2, -0.15) is 0 Å². The van der Waals surface area contributed by atoms with Gasteiger partial charge in [-0.3, -0.25) is 4.79 Å². The van der Waals surface area contributed by atoms with Crippen LogP contribution < -0.4 is 0 Å². The summed E-state index contributed by atoms with van der Waals surface area (Å²) in [6.07, 6.45) is 0. The fourth-order valence-corrected chi connectivity index (χ4v) is 1.43. The van der Waals surface area contributed by atoms with E-state index in [0.29, 0.717) is 0 Å². The summed E-state index contributed by atoms with van der Waals surface area (Å²) < 4.78 is 0. The molecular formula is C12H16ClNO3. The van der Waals surface area contributed by atoms with E-state index in [1.807, 2.05) is 13.8 Å². The topological polar surface area (TPSA) is 60.8 Å². The Morgan fingerprint density at radius 3 is 2.47 bits per heavy atom. The molecule has 0 fully saturated rings. The lowest BCUT2D eigenvalue weighted by Gasteiger charge is -2.34. The second kappa shape index (κ2) is 4.84. The fourth-order valence-electron chi connectivity index (χ4n) is 1.25. The van der Waals surface area contributed by atoms with Crippen LogP contribution in [0.15, 0.2) is 18.2 Å². The van der Waals surface area contributed by atoms with Gasteiger partial charge in [0.1, 0.15) is 11.5 Å². The largest absolute Gasteiger partial charge is 0.508 e. The van der Waals surface area contributed by atoms with Crippen LogP contribution in [0.3, 0.4) is 0 Å². The van der Waals surface area contributed by atoms with Crippen LogP contribution in [-0.4, -0.2) is 39.5 Å². The Kier molecular flexibility index (Phi) is 3.88. The monoisotopic (exact) mass is 257 g/mol. The van der Waals surface area contributed by atoms with Crippen LogP contribution in [0.4, 0.5) is 0 Å². The third-order valence-electron chi connectivity index (χ3n) is 2.75. The molecule has 0 saturated carbocycles. The number of hydrogen-bond donors (Lipinski definition) is 2. The average Bonchev–Trinajstić information content (AvgIpc) is 2.27. The summed E-state index contributed by atoms with van der Waals surface area (Å²) in [6.45, 7) is 3.66. The highest BCUT2D eigenvalue weighted by Gasteiger charge is 2.28. The normalized spacial score (nSPS) is 11.3. The van der Waals surface area contributed by atoms with E-state index in [1.54, 1.807) is 7.05 Å². The molecule has 94 valence electrons. The van der Waals surface area contributed by atoms with Crippen molar-refractivity contribution in [2.24, 2.45) is 0 Å². The number of nitrogens with zero attached hydrogens (tertiary/aromatic N) is 1. The molecule has 17 heavy (non-hydrogen) atoms. The van der Waals surface area contributed by atoms with Crippen molar-refractivity contribution in [2.75, 3.05) is 12.9 Å². The molecule has 0 bridgehead atoms. The predicted molar refractivity (Wildman–Crippen MR) is 66.7 cm³/mol. The van der Waals surface area contributed by atoms with E-state index in [1.165, 1.54) is 17.0 Å². The number of carbonyl (C=O) groups is 1. The lowest BCUT2D eigenvalue weighted by Crippen LogP contribution is -2.46. The third-order valence-corrected chi connectivity index (χ3v) is 3.41. The zero-order valence-corrected chi connectivity index (χ0v) is 10.8. The Bertz CT molecular complexity index is 432. The smallest absolute Gasteiger partial charge is 0.257 e. The molecule has 4 nitrogen and oxygen atoms in total. The number of carbonyl (C=O) groups excluding carboxylic acids is 1. The molecule has 1 aromatic rings. The number of phenolic OH excluding ortho intramolecular Hbond substituents is 2. The van der Waals surface area contributed by atoms with Crippen LogP contribution in [-0.2, 0) is 0 Å². The first kappa shape index (κ1) is 13.6. The minimum absolute atomic E-state index is 0.0849. The van der Waals surface area contributed by atoms with Gasteiger partial charge in [-0.25, -0.2) is 0 Å². The van der Waals surface area contributed by atoms with Gasteiger partial charge in [0.25, 0.3) is 5.91 Å². The van der Waals surface area contributed by atoms with Crippen molar-refractivity contribution in [1.82, 2.24) is 4.90 Å².